The van der Waals surface area contributed by atoms with Crippen molar-refractivity contribution in [3.63, 3.8) is 0 Å². The number of piperazine rings is 1. The Kier molecular flexibility index (Phi) is 8.37. The number of nitrogens with zero attached hydrogens (tertiary/aromatic N) is 3. The summed E-state index contributed by atoms with van der Waals surface area (Å²) in [5.74, 6) is 0.915. The van der Waals surface area contributed by atoms with Crippen LogP contribution >= 0.6 is 24.0 Å². The van der Waals surface area contributed by atoms with Crippen LogP contribution in [-0.4, -0.2) is 56.6 Å². The number of nitrogens with two attached hydrogens (primary N) is 1. The highest BCUT2D eigenvalue weighted by Gasteiger charge is 2.20. The Labute approximate surface area is 182 Å². The molecule has 0 aromatic heterocycles. The van der Waals surface area contributed by atoms with Gasteiger partial charge in [-0.15, -0.1) is 24.0 Å². The van der Waals surface area contributed by atoms with E-state index in [1.165, 1.54) is 5.69 Å². The number of guanidine groups is 1. The summed E-state index contributed by atoms with van der Waals surface area (Å²) in [5, 5.41) is 2.97. The predicted octanol–water partition coefficient (Wildman–Crippen LogP) is 2.39. The maximum absolute atomic E-state index is 12.4. The Morgan fingerprint density at radius 3 is 2.50 bits per heavy atom. The summed E-state index contributed by atoms with van der Waals surface area (Å²) in [4.78, 5) is 20.7. The molecule has 1 amide bonds. The number of nitrogens with one attached hydrogen (secondary N) is 1. The van der Waals surface area contributed by atoms with E-state index in [1.807, 2.05) is 47.4 Å². The molecule has 0 saturated carbocycles. The van der Waals surface area contributed by atoms with Crippen LogP contribution in [0.15, 0.2) is 59.6 Å². The van der Waals surface area contributed by atoms with Gasteiger partial charge >= 0.3 is 0 Å². The van der Waals surface area contributed by atoms with Gasteiger partial charge in [0.2, 0.25) is 5.91 Å². The van der Waals surface area contributed by atoms with Crippen molar-refractivity contribution in [1.82, 2.24) is 4.90 Å². The predicted molar refractivity (Wildman–Crippen MR) is 124 cm³/mol. The lowest BCUT2D eigenvalue weighted by molar-refractivity contribution is -0.129. The molecule has 0 aliphatic carbocycles. The fourth-order valence-electron chi connectivity index (χ4n) is 2.99. The molecule has 0 radical (unpaired) electrons. The number of aliphatic imine (C=N–C) groups is 1. The van der Waals surface area contributed by atoms with Gasteiger partial charge < -0.3 is 25.6 Å². The van der Waals surface area contributed by atoms with Crippen LogP contribution in [-0.2, 0) is 4.79 Å². The first-order chi connectivity index (χ1) is 13.2. The molecule has 0 atom stereocenters. The monoisotopic (exact) mass is 495 g/mol. The van der Waals surface area contributed by atoms with E-state index in [2.05, 4.69) is 27.3 Å². The smallest absolute Gasteiger partial charge is 0.244 e. The first-order valence-corrected chi connectivity index (χ1v) is 8.94. The lowest BCUT2D eigenvalue weighted by Gasteiger charge is -2.35. The van der Waals surface area contributed by atoms with Gasteiger partial charge in [0, 0.05) is 43.6 Å². The van der Waals surface area contributed by atoms with Gasteiger partial charge in [-0.25, -0.2) is 4.99 Å². The number of halogens is 1. The summed E-state index contributed by atoms with van der Waals surface area (Å²) in [6.07, 6.45) is 0. The average Bonchev–Trinajstić information content (AvgIpc) is 2.73. The Morgan fingerprint density at radius 1 is 1.11 bits per heavy atom. The van der Waals surface area contributed by atoms with Crippen LogP contribution in [0.4, 0.5) is 11.4 Å². The number of ether oxygens (including phenoxy) is 1. The molecule has 0 bridgehead atoms. The third-order valence-corrected chi connectivity index (χ3v) is 4.48. The zero-order valence-corrected chi connectivity index (χ0v) is 18.2. The lowest BCUT2D eigenvalue weighted by atomic mass is 10.2. The van der Waals surface area contributed by atoms with E-state index >= 15 is 0 Å². The van der Waals surface area contributed by atoms with Gasteiger partial charge in [-0.1, -0.05) is 24.3 Å². The first-order valence-electron chi connectivity index (χ1n) is 8.94. The van der Waals surface area contributed by atoms with Crippen LogP contribution in [0.1, 0.15) is 0 Å². The SMILES string of the molecule is COc1cccc(NC(N)=NCC(=O)N2CCN(c3ccccc3)CC2)c1.I. The Bertz CT molecular complexity index is 792. The number of methoxy groups -OCH3 is 1. The van der Waals surface area contributed by atoms with Crippen LogP contribution in [0.3, 0.4) is 0 Å². The third-order valence-electron chi connectivity index (χ3n) is 4.48. The van der Waals surface area contributed by atoms with Crippen molar-refractivity contribution in [1.29, 1.82) is 0 Å². The van der Waals surface area contributed by atoms with Crippen LogP contribution in [0.2, 0.25) is 0 Å². The fraction of sp³-hybridized carbons (Fsp3) is 0.300. The van der Waals surface area contributed by atoms with Gasteiger partial charge in [-0.2, -0.15) is 0 Å². The molecular formula is C20H26IN5O2. The maximum Gasteiger partial charge on any atom is 0.244 e. The molecule has 8 heteroatoms. The second-order valence-electron chi connectivity index (χ2n) is 6.26. The zero-order valence-electron chi connectivity index (χ0n) is 15.9. The number of carbonyl (C=O) groups is 1. The second-order valence-corrected chi connectivity index (χ2v) is 6.26. The van der Waals surface area contributed by atoms with Crippen molar-refractivity contribution < 1.29 is 9.53 Å². The molecule has 1 fully saturated rings. The Morgan fingerprint density at radius 2 is 1.82 bits per heavy atom. The summed E-state index contributed by atoms with van der Waals surface area (Å²) >= 11 is 0. The highest BCUT2D eigenvalue weighted by atomic mass is 127. The lowest BCUT2D eigenvalue weighted by Crippen LogP contribution is -2.49. The standard InChI is InChI=1S/C20H25N5O2.HI/c1-27-18-9-5-6-16(14-18)23-20(21)22-15-19(26)25-12-10-24(11-13-25)17-7-3-2-4-8-17;/h2-9,14H,10-13,15H2,1H3,(H3,21,22,23);1H. The van der Waals surface area contributed by atoms with Crippen molar-refractivity contribution in [2.75, 3.05) is 50.1 Å². The van der Waals surface area contributed by atoms with Crippen LogP contribution < -0.4 is 20.7 Å². The molecular weight excluding hydrogens is 469 g/mol. The minimum atomic E-state index is -0.0156. The minimum Gasteiger partial charge on any atom is -0.497 e. The van der Waals surface area contributed by atoms with Gasteiger partial charge in [-0.3, -0.25) is 4.79 Å². The molecule has 0 spiro atoms. The first kappa shape index (κ1) is 21.8. The number of amides is 1. The van der Waals surface area contributed by atoms with Gasteiger partial charge in [-0.05, 0) is 24.3 Å². The molecule has 1 heterocycles. The summed E-state index contributed by atoms with van der Waals surface area (Å²) in [7, 11) is 1.60. The maximum atomic E-state index is 12.4. The largest absolute Gasteiger partial charge is 0.497 e. The summed E-state index contributed by atoms with van der Waals surface area (Å²) in [6, 6.07) is 17.6. The summed E-state index contributed by atoms with van der Waals surface area (Å²) in [6.45, 7) is 3.04. The van der Waals surface area contributed by atoms with Gasteiger partial charge in [0.1, 0.15) is 12.3 Å². The molecule has 7 nitrogen and oxygen atoms in total. The molecule has 3 rings (SSSR count). The van der Waals surface area contributed by atoms with Crippen molar-refractivity contribution in [2.24, 2.45) is 10.7 Å². The number of rotatable bonds is 5. The molecule has 3 N–H and O–H groups in total. The molecule has 1 aliphatic rings. The van der Waals surface area contributed by atoms with Crippen molar-refractivity contribution in [3.8, 4) is 5.75 Å². The van der Waals surface area contributed by atoms with E-state index in [-0.39, 0.29) is 42.4 Å². The van der Waals surface area contributed by atoms with Crippen molar-refractivity contribution in [2.45, 2.75) is 0 Å². The summed E-state index contributed by atoms with van der Waals surface area (Å²) in [5.41, 5.74) is 7.84. The molecule has 0 unspecified atom stereocenters. The van der Waals surface area contributed by atoms with Crippen LogP contribution in [0.5, 0.6) is 5.75 Å². The third kappa shape index (κ3) is 6.01. The highest BCUT2D eigenvalue weighted by molar-refractivity contribution is 14.0. The molecule has 2 aromatic carbocycles. The van der Waals surface area contributed by atoms with Crippen molar-refractivity contribution in [3.05, 3.63) is 54.6 Å². The van der Waals surface area contributed by atoms with Gasteiger partial charge in [0.25, 0.3) is 0 Å². The molecule has 1 saturated heterocycles. The number of anilines is 2. The minimum absolute atomic E-state index is 0. The fourth-order valence-corrected chi connectivity index (χ4v) is 2.99. The molecule has 28 heavy (non-hydrogen) atoms. The van der Waals surface area contributed by atoms with E-state index < -0.39 is 0 Å². The number of para-hydroxylation sites is 1. The number of hydrogen-bond acceptors (Lipinski definition) is 4. The number of carbonyl (C=O) groups excluding carboxylic acids is 1. The van der Waals surface area contributed by atoms with E-state index in [1.54, 1.807) is 7.11 Å². The van der Waals surface area contributed by atoms with E-state index in [0.29, 0.717) is 13.1 Å². The quantitative estimate of drug-likeness (QED) is 0.378. The van der Waals surface area contributed by atoms with Crippen LogP contribution in [0.25, 0.3) is 0 Å². The molecule has 2 aromatic rings. The average molecular weight is 495 g/mol. The highest BCUT2D eigenvalue weighted by Crippen LogP contribution is 2.17. The zero-order chi connectivity index (χ0) is 19.1. The van der Waals surface area contributed by atoms with Crippen LogP contribution in [0, 0.1) is 0 Å². The topological polar surface area (TPSA) is 83.2 Å². The number of hydrogen-bond donors (Lipinski definition) is 2. The molecule has 150 valence electrons. The Balaban J connectivity index is 0.00000280. The van der Waals surface area contributed by atoms with E-state index in [4.69, 9.17) is 10.5 Å². The van der Waals surface area contributed by atoms with E-state index in [9.17, 15) is 4.79 Å². The second kappa shape index (κ2) is 10.7. The van der Waals surface area contributed by atoms with Gasteiger partial charge in [0.05, 0.1) is 7.11 Å². The van der Waals surface area contributed by atoms with Crippen molar-refractivity contribution >= 4 is 47.2 Å². The van der Waals surface area contributed by atoms with E-state index in [0.717, 1.165) is 24.5 Å². The van der Waals surface area contributed by atoms with Gasteiger partial charge in [0.15, 0.2) is 5.96 Å². The molecule has 1 aliphatic heterocycles. The number of benzene rings is 2. The summed E-state index contributed by atoms with van der Waals surface area (Å²) < 4.78 is 5.17. The normalized spacial score (nSPS) is 14.2. The Hall–Kier alpha value is -2.49.